The number of carbonyl (C=O) groups is 1. The number of ether oxygens (including phenoxy) is 2. The lowest BCUT2D eigenvalue weighted by atomic mass is 10.1. The molecule has 7 nitrogen and oxygen atoms in total. The van der Waals surface area contributed by atoms with Gasteiger partial charge in [-0.3, -0.25) is 9.79 Å². The van der Waals surface area contributed by atoms with Gasteiger partial charge in [0, 0.05) is 44.9 Å². The summed E-state index contributed by atoms with van der Waals surface area (Å²) in [7, 11) is 3.37. The number of benzene rings is 1. The Hall–Kier alpha value is -2.28. The molecule has 0 spiro atoms. The Kier molecular flexibility index (Phi) is 6.33. The first-order valence-corrected chi connectivity index (χ1v) is 9.23. The third-order valence-corrected chi connectivity index (χ3v) is 4.83. The zero-order valence-corrected chi connectivity index (χ0v) is 15.5. The molecule has 0 aliphatic carbocycles. The third kappa shape index (κ3) is 4.66. The molecular weight excluding hydrogens is 332 g/mol. The zero-order chi connectivity index (χ0) is 18.4. The summed E-state index contributed by atoms with van der Waals surface area (Å²) in [6.45, 7) is 2.18. The SMILES string of the molecule is CN=C(NCC1CCCCO1)NC1CC(=O)N(c2cccc(OC)c2)C1. The Morgan fingerprint density at radius 1 is 1.42 bits per heavy atom. The summed E-state index contributed by atoms with van der Waals surface area (Å²) in [5, 5.41) is 6.67. The highest BCUT2D eigenvalue weighted by molar-refractivity contribution is 5.97. The standard InChI is InChI=1S/C19H28N4O3/c1-20-19(21-12-17-7-3-4-9-26-17)22-14-10-18(24)23(13-14)15-6-5-8-16(11-15)25-2/h5-6,8,11,14,17H,3-4,7,9-10,12-13H2,1-2H3,(H2,20,21,22). The minimum Gasteiger partial charge on any atom is -0.497 e. The van der Waals surface area contributed by atoms with E-state index in [0.29, 0.717) is 18.9 Å². The molecule has 142 valence electrons. The van der Waals surface area contributed by atoms with Gasteiger partial charge in [-0.2, -0.15) is 0 Å². The lowest BCUT2D eigenvalue weighted by Crippen LogP contribution is -2.47. The molecule has 2 aliphatic heterocycles. The number of anilines is 1. The molecule has 0 radical (unpaired) electrons. The van der Waals surface area contributed by atoms with Crippen molar-refractivity contribution in [2.45, 2.75) is 37.8 Å². The van der Waals surface area contributed by atoms with E-state index in [1.54, 1.807) is 19.1 Å². The molecule has 2 atom stereocenters. The summed E-state index contributed by atoms with van der Waals surface area (Å²) in [6.07, 6.45) is 4.12. The number of carbonyl (C=O) groups excluding carboxylic acids is 1. The zero-order valence-electron chi connectivity index (χ0n) is 15.5. The Balaban J connectivity index is 1.53. The maximum absolute atomic E-state index is 12.4. The van der Waals surface area contributed by atoms with E-state index in [-0.39, 0.29) is 18.1 Å². The molecule has 2 saturated heterocycles. The fourth-order valence-corrected chi connectivity index (χ4v) is 3.40. The molecule has 0 saturated carbocycles. The largest absolute Gasteiger partial charge is 0.497 e. The number of methoxy groups -OCH3 is 1. The summed E-state index contributed by atoms with van der Waals surface area (Å²) in [6, 6.07) is 7.60. The Morgan fingerprint density at radius 2 is 2.31 bits per heavy atom. The van der Waals surface area contributed by atoms with Crippen molar-refractivity contribution in [3.05, 3.63) is 24.3 Å². The second kappa shape index (κ2) is 8.89. The van der Waals surface area contributed by atoms with Crippen molar-refractivity contribution in [1.29, 1.82) is 0 Å². The average molecular weight is 360 g/mol. The van der Waals surface area contributed by atoms with Crippen molar-refractivity contribution in [2.75, 3.05) is 38.8 Å². The average Bonchev–Trinajstić information content (AvgIpc) is 3.06. The van der Waals surface area contributed by atoms with Gasteiger partial charge in [-0.05, 0) is 31.4 Å². The Morgan fingerprint density at radius 3 is 3.04 bits per heavy atom. The predicted octanol–water partition coefficient (Wildman–Crippen LogP) is 1.53. The highest BCUT2D eigenvalue weighted by Gasteiger charge is 2.31. The van der Waals surface area contributed by atoms with Crippen LogP contribution in [0.3, 0.4) is 0 Å². The second-order valence-electron chi connectivity index (χ2n) is 6.69. The van der Waals surface area contributed by atoms with Gasteiger partial charge < -0.3 is 25.0 Å². The molecule has 2 aliphatic rings. The highest BCUT2D eigenvalue weighted by Crippen LogP contribution is 2.25. The summed E-state index contributed by atoms with van der Waals surface area (Å²) in [5.41, 5.74) is 0.859. The molecule has 1 amide bonds. The van der Waals surface area contributed by atoms with Crippen molar-refractivity contribution in [2.24, 2.45) is 4.99 Å². The molecule has 1 aromatic carbocycles. The van der Waals surface area contributed by atoms with Crippen LogP contribution in [0.1, 0.15) is 25.7 Å². The monoisotopic (exact) mass is 360 g/mol. The van der Waals surface area contributed by atoms with Crippen LogP contribution in [-0.2, 0) is 9.53 Å². The van der Waals surface area contributed by atoms with E-state index in [1.807, 2.05) is 24.3 Å². The molecule has 3 rings (SSSR count). The lowest BCUT2D eigenvalue weighted by molar-refractivity contribution is -0.117. The number of hydrogen-bond donors (Lipinski definition) is 2. The van der Waals surface area contributed by atoms with Crippen LogP contribution in [0.2, 0.25) is 0 Å². The first kappa shape index (κ1) is 18.5. The maximum Gasteiger partial charge on any atom is 0.229 e. The van der Waals surface area contributed by atoms with Gasteiger partial charge in [-0.15, -0.1) is 0 Å². The van der Waals surface area contributed by atoms with Crippen LogP contribution in [0.4, 0.5) is 5.69 Å². The summed E-state index contributed by atoms with van der Waals surface area (Å²) >= 11 is 0. The molecule has 26 heavy (non-hydrogen) atoms. The fourth-order valence-electron chi connectivity index (χ4n) is 3.40. The summed E-state index contributed by atoms with van der Waals surface area (Å²) < 4.78 is 11.0. The van der Waals surface area contributed by atoms with Crippen molar-refractivity contribution >= 4 is 17.6 Å². The van der Waals surface area contributed by atoms with Gasteiger partial charge in [0.1, 0.15) is 5.75 Å². The van der Waals surface area contributed by atoms with Crippen LogP contribution in [-0.4, -0.2) is 57.9 Å². The van der Waals surface area contributed by atoms with E-state index in [1.165, 1.54) is 6.42 Å². The van der Waals surface area contributed by atoms with Gasteiger partial charge >= 0.3 is 0 Å². The molecule has 2 unspecified atom stereocenters. The fraction of sp³-hybridized carbons (Fsp3) is 0.579. The normalized spacial score (nSPS) is 23.8. The number of guanidine groups is 1. The predicted molar refractivity (Wildman–Crippen MR) is 102 cm³/mol. The molecule has 2 heterocycles. The number of nitrogens with one attached hydrogen (secondary N) is 2. The molecular formula is C19H28N4O3. The second-order valence-corrected chi connectivity index (χ2v) is 6.69. The number of aliphatic imine (C=N–C) groups is 1. The highest BCUT2D eigenvalue weighted by atomic mass is 16.5. The number of nitrogens with zero attached hydrogens (tertiary/aromatic N) is 2. The van der Waals surface area contributed by atoms with Gasteiger partial charge in [-0.1, -0.05) is 6.07 Å². The van der Waals surface area contributed by atoms with Crippen LogP contribution in [0.15, 0.2) is 29.3 Å². The third-order valence-electron chi connectivity index (χ3n) is 4.83. The van der Waals surface area contributed by atoms with Crippen LogP contribution in [0.5, 0.6) is 5.75 Å². The van der Waals surface area contributed by atoms with Crippen molar-refractivity contribution < 1.29 is 14.3 Å². The van der Waals surface area contributed by atoms with Gasteiger partial charge in [-0.25, -0.2) is 0 Å². The maximum atomic E-state index is 12.4. The Bertz CT molecular complexity index is 643. The van der Waals surface area contributed by atoms with Crippen molar-refractivity contribution in [3.63, 3.8) is 0 Å². The van der Waals surface area contributed by atoms with Crippen molar-refractivity contribution in [1.82, 2.24) is 10.6 Å². The van der Waals surface area contributed by atoms with E-state index in [0.717, 1.165) is 37.4 Å². The van der Waals surface area contributed by atoms with E-state index in [2.05, 4.69) is 15.6 Å². The van der Waals surface area contributed by atoms with E-state index < -0.39 is 0 Å². The topological polar surface area (TPSA) is 75.2 Å². The minimum absolute atomic E-state index is 0.0205. The van der Waals surface area contributed by atoms with E-state index in [4.69, 9.17) is 9.47 Å². The van der Waals surface area contributed by atoms with Gasteiger partial charge in [0.15, 0.2) is 5.96 Å². The van der Waals surface area contributed by atoms with Gasteiger partial charge in [0.25, 0.3) is 0 Å². The number of rotatable bonds is 5. The van der Waals surface area contributed by atoms with Gasteiger partial charge in [0.2, 0.25) is 5.91 Å². The van der Waals surface area contributed by atoms with Crippen LogP contribution < -0.4 is 20.3 Å². The quantitative estimate of drug-likeness (QED) is 0.615. The van der Waals surface area contributed by atoms with Crippen LogP contribution in [0, 0.1) is 0 Å². The summed E-state index contributed by atoms with van der Waals surface area (Å²) in [4.78, 5) is 18.5. The minimum atomic E-state index is 0.0205. The molecule has 0 aromatic heterocycles. The number of amides is 1. The molecule has 7 heteroatoms. The van der Waals surface area contributed by atoms with Crippen LogP contribution in [0.25, 0.3) is 0 Å². The smallest absolute Gasteiger partial charge is 0.229 e. The first-order chi connectivity index (χ1) is 12.7. The van der Waals surface area contributed by atoms with Gasteiger partial charge in [0.05, 0.1) is 19.3 Å². The molecule has 1 aromatic rings. The van der Waals surface area contributed by atoms with E-state index in [9.17, 15) is 4.79 Å². The molecule has 0 bridgehead atoms. The molecule has 2 fully saturated rings. The number of hydrogen-bond acceptors (Lipinski definition) is 4. The molecule has 2 N–H and O–H groups in total. The Labute approximate surface area is 154 Å². The van der Waals surface area contributed by atoms with Crippen LogP contribution >= 0.6 is 0 Å². The first-order valence-electron chi connectivity index (χ1n) is 9.23. The van der Waals surface area contributed by atoms with E-state index >= 15 is 0 Å². The lowest BCUT2D eigenvalue weighted by Gasteiger charge is -2.24. The van der Waals surface area contributed by atoms with Crippen molar-refractivity contribution in [3.8, 4) is 5.75 Å². The summed E-state index contributed by atoms with van der Waals surface area (Å²) in [5.74, 6) is 1.56.